The Balaban J connectivity index is 2.01. The van der Waals surface area contributed by atoms with E-state index in [9.17, 15) is 9.59 Å². The Hall–Kier alpha value is -1.75. The van der Waals surface area contributed by atoms with E-state index in [0.717, 1.165) is 19.4 Å². The highest BCUT2D eigenvalue weighted by Crippen LogP contribution is 2.28. The van der Waals surface area contributed by atoms with Crippen LogP contribution in [0.1, 0.15) is 56.8 Å². The van der Waals surface area contributed by atoms with Crippen molar-refractivity contribution >= 4 is 23.4 Å². The van der Waals surface area contributed by atoms with Gasteiger partial charge in [0.2, 0.25) is 5.91 Å². The summed E-state index contributed by atoms with van der Waals surface area (Å²) in [6.45, 7) is 7.92. The zero-order valence-corrected chi connectivity index (χ0v) is 17.6. The lowest BCUT2D eigenvalue weighted by Crippen LogP contribution is -2.43. The third kappa shape index (κ3) is 5.86. The molecular formula is C21H31ClN2O3. The summed E-state index contributed by atoms with van der Waals surface area (Å²) >= 11 is 6.10. The first kappa shape index (κ1) is 21.5. The second kappa shape index (κ2) is 9.98. The maximum absolute atomic E-state index is 13.0. The second-order valence-electron chi connectivity index (χ2n) is 7.49. The van der Waals surface area contributed by atoms with Crippen molar-refractivity contribution in [3.05, 3.63) is 28.8 Å². The summed E-state index contributed by atoms with van der Waals surface area (Å²) < 4.78 is 5.77. The van der Waals surface area contributed by atoms with Crippen LogP contribution in [-0.4, -0.2) is 54.4 Å². The molecular weight excluding hydrogens is 364 g/mol. The lowest BCUT2D eigenvalue weighted by Gasteiger charge is -2.33. The monoisotopic (exact) mass is 394 g/mol. The number of carbonyl (C=O) groups excluding carboxylic acids is 2. The predicted molar refractivity (Wildman–Crippen MR) is 108 cm³/mol. The Labute approximate surface area is 167 Å². The molecule has 0 radical (unpaired) electrons. The largest absolute Gasteiger partial charge is 0.490 e. The number of nitrogens with zero attached hydrogens (tertiary/aromatic N) is 2. The van der Waals surface area contributed by atoms with Gasteiger partial charge in [0.1, 0.15) is 5.75 Å². The van der Waals surface area contributed by atoms with Crippen molar-refractivity contribution < 1.29 is 14.3 Å². The van der Waals surface area contributed by atoms with Gasteiger partial charge >= 0.3 is 0 Å². The van der Waals surface area contributed by atoms with E-state index < -0.39 is 0 Å². The van der Waals surface area contributed by atoms with Crippen molar-refractivity contribution in [2.45, 2.75) is 52.6 Å². The molecule has 1 aliphatic heterocycles. The highest BCUT2D eigenvalue weighted by atomic mass is 35.5. The van der Waals surface area contributed by atoms with Crippen LogP contribution in [0.15, 0.2) is 18.2 Å². The van der Waals surface area contributed by atoms with Crippen LogP contribution in [0.3, 0.4) is 0 Å². The maximum Gasteiger partial charge on any atom is 0.257 e. The molecule has 1 aliphatic rings. The Bertz CT molecular complexity index is 655. The molecule has 1 aromatic carbocycles. The number of benzene rings is 1. The van der Waals surface area contributed by atoms with E-state index in [1.54, 1.807) is 23.1 Å². The molecule has 0 bridgehead atoms. The predicted octanol–water partition coefficient (Wildman–Crippen LogP) is 4.24. The van der Waals surface area contributed by atoms with E-state index in [1.807, 2.05) is 25.8 Å². The Morgan fingerprint density at radius 2 is 1.96 bits per heavy atom. The average Bonchev–Trinajstić information content (AvgIpc) is 2.66. The number of likely N-dealkylation sites (tertiary alicyclic amines) is 1. The minimum atomic E-state index is -0.0848. The molecule has 2 rings (SSSR count). The van der Waals surface area contributed by atoms with Gasteiger partial charge in [-0.05, 0) is 51.3 Å². The first-order chi connectivity index (χ1) is 12.8. The molecule has 0 unspecified atom stereocenters. The third-order valence-corrected chi connectivity index (χ3v) is 5.12. The first-order valence-electron chi connectivity index (χ1n) is 9.84. The van der Waals surface area contributed by atoms with Gasteiger partial charge in [0.25, 0.3) is 5.91 Å². The minimum absolute atomic E-state index is 0.00153. The molecule has 1 heterocycles. The molecule has 1 fully saturated rings. The zero-order valence-electron chi connectivity index (χ0n) is 16.8. The molecule has 0 spiro atoms. The Morgan fingerprint density at radius 3 is 2.56 bits per heavy atom. The van der Waals surface area contributed by atoms with Crippen LogP contribution in [0.2, 0.25) is 5.02 Å². The van der Waals surface area contributed by atoms with Crippen molar-refractivity contribution in [3.8, 4) is 5.75 Å². The molecule has 0 saturated carbocycles. The number of hydrogen-bond acceptors (Lipinski definition) is 3. The van der Waals surface area contributed by atoms with Crippen LogP contribution in [0.25, 0.3) is 0 Å². The van der Waals surface area contributed by atoms with Gasteiger partial charge in [-0.15, -0.1) is 0 Å². The van der Waals surface area contributed by atoms with Crippen molar-refractivity contribution in [2.75, 3.05) is 26.7 Å². The van der Waals surface area contributed by atoms with Crippen LogP contribution in [0.4, 0.5) is 0 Å². The fraction of sp³-hybridized carbons (Fsp3) is 0.619. The van der Waals surface area contributed by atoms with Gasteiger partial charge in [-0.1, -0.05) is 24.9 Å². The number of halogens is 1. The lowest BCUT2D eigenvalue weighted by atomic mass is 9.94. The van der Waals surface area contributed by atoms with Gasteiger partial charge in [-0.25, -0.2) is 0 Å². The number of rotatable bonds is 7. The standard InChI is InChI=1S/C21H31ClN2O3/c1-5-6-11-23(4)20(25)16-9-12-24(13-10-16)21(26)18-14-17(22)7-8-19(18)27-15(2)3/h7-8,14-16H,5-6,9-13H2,1-4H3. The van der Waals surface area contributed by atoms with Crippen molar-refractivity contribution in [3.63, 3.8) is 0 Å². The first-order valence-corrected chi connectivity index (χ1v) is 10.2. The third-order valence-electron chi connectivity index (χ3n) is 4.89. The smallest absolute Gasteiger partial charge is 0.257 e. The van der Waals surface area contributed by atoms with Crippen LogP contribution < -0.4 is 4.74 Å². The normalized spacial score (nSPS) is 15.1. The number of hydrogen-bond donors (Lipinski definition) is 0. The molecule has 27 heavy (non-hydrogen) atoms. The molecule has 5 nitrogen and oxygen atoms in total. The molecule has 0 atom stereocenters. The number of ether oxygens (including phenoxy) is 1. The van der Waals surface area contributed by atoms with Gasteiger partial charge in [0.05, 0.1) is 11.7 Å². The summed E-state index contributed by atoms with van der Waals surface area (Å²) in [5.74, 6) is 0.666. The highest BCUT2D eigenvalue weighted by Gasteiger charge is 2.30. The van der Waals surface area contributed by atoms with Crippen LogP contribution in [0.5, 0.6) is 5.75 Å². The van der Waals surface area contributed by atoms with E-state index in [1.165, 1.54) is 0 Å². The molecule has 150 valence electrons. The molecule has 1 saturated heterocycles. The summed E-state index contributed by atoms with van der Waals surface area (Å²) in [6, 6.07) is 5.14. The Kier molecular flexibility index (Phi) is 7.96. The van der Waals surface area contributed by atoms with Crippen LogP contribution in [-0.2, 0) is 4.79 Å². The van der Waals surface area contributed by atoms with E-state index in [0.29, 0.717) is 42.3 Å². The fourth-order valence-corrected chi connectivity index (χ4v) is 3.52. The van der Waals surface area contributed by atoms with Gasteiger partial charge in [-0.2, -0.15) is 0 Å². The minimum Gasteiger partial charge on any atom is -0.490 e. The summed E-state index contributed by atoms with van der Waals surface area (Å²) in [5, 5.41) is 0.511. The number of carbonyl (C=O) groups is 2. The molecule has 1 aromatic rings. The number of unbranched alkanes of at least 4 members (excludes halogenated alkanes) is 1. The van der Waals surface area contributed by atoms with E-state index in [2.05, 4.69) is 6.92 Å². The van der Waals surface area contributed by atoms with Crippen LogP contribution in [0, 0.1) is 5.92 Å². The zero-order chi connectivity index (χ0) is 20.0. The van der Waals surface area contributed by atoms with Gasteiger partial charge in [0.15, 0.2) is 0 Å². The van der Waals surface area contributed by atoms with Crippen molar-refractivity contribution in [1.29, 1.82) is 0 Å². The lowest BCUT2D eigenvalue weighted by molar-refractivity contribution is -0.135. The van der Waals surface area contributed by atoms with Crippen molar-refractivity contribution in [1.82, 2.24) is 9.80 Å². The van der Waals surface area contributed by atoms with Gasteiger partial charge in [0, 0.05) is 37.6 Å². The number of piperidine rings is 1. The van der Waals surface area contributed by atoms with Crippen molar-refractivity contribution in [2.24, 2.45) is 5.92 Å². The number of amides is 2. The molecule has 0 aromatic heterocycles. The quantitative estimate of drug-likeness (QED) is 0.695. The molecule has 0 N–H and O–H groups in total. The SMILES string of the molecule is CCCCN(C)C(=O)C1CCN(C(=O)c2cc(Cl)ccc2OC(C)C)CC1. The summed E-state index contributed by atoms with van der Waals surface area (Å²) in [4.78, 5) is 29.2. The molecule has 0 aliphatic carbocycles. The van der Waals surface area contributed by atoms with Crippen LogP contribution >= 0.6 is 11.6 Å². The van der Waals surface area contributed by atoms with E-state index in [4.69, 9.17) is 16.3 Å². The van der Waals surface area contributed by atoms with E-state index >= 15 is 0 Å². The summed E-state index contributed by atoms with van der Waals surface area (Å²) in [5.41, 5.74) is 0.487. The summed E-state index contributed by atoms with van der Waals surface area (Å²) in [6.07, 6.45) is 3.46. The van der Waals surface area contributed by atoms with E-state index in [-0.39, 0.29) is 23.8 Å². The second-order valence-corrected chi connectivity index (χ2v) is 7.92. The fourth-order valence-electron chi connectivity index (χ4n) is 3.34. The Morgan fingerprint density at radius 1 is 1.30 bits per heavy atom. The maximum atomic E-state index is 13.0. The van der Waals surface area contributed by atoms with Gasteiger partial charge < -0.3 is 14.5 Å². The van der Waals surface area contributed by atoms with Gasteiger partial charge in [-0.3, -0.25) is 9.59 Å². The highest BCUT2D eigenvalue weighted by molar-refractivity contribution is 6.31. The summed E-state index contributed by atoms with van der Waals surface area (Å²) in [7, 11) is 1.87. The molecule has 6 heteroatoms. The average molecular weight is 395 g/mol. The molecule has 2 amide bonds. The topological polar surface area (TPSA) is 49.9 Å².